The van der Waals surface area contributed by atoms with Crippen molar-refractivity contribution in [3.05, 3.63) is 59.1 Å². The first-order valence-corrected chi connectivity index (χ1v) is 8.79. The molecule has 0 unspecified atom stereocenters. The van der Waals surface area contributed by atoms with Crippen LogP contribution in [0, 0.1) is 11.6 Å². The van der Waals surface area contributed by atoms with Gasteiger partial charge in [-0.25, -0.2) is 13.7 Å². The number of para-hydroxylation sites is 1. The average Bonchev–Trinajstić information content (AvgIpc) is 3.20. The van der Waals surface area contributed by atoms with Crippen LogP contribution in [-0.2, 0) is 14.4 Å². The molecule has 0 radical (unpaired) electrons. The minimum absolute atomic E-state index is 0.121. The summed E-state index contributed by atoms with van der Waals surface area (Å²) in [5.41, 5.74) is 0.257. The summed E-state index contributed by atoms with van der Waals surface area (Å²) >= 11 is 5.99. The summed E-state index contributed by atoms with van der Waals surface area (Å²) in [6, 6.07) is 6.95. The number of carbonyl (C=O) groups excluding carboxylic acids is 3. The highest BCUT2D eigenvalue weighted by Crippen LogP contribution is 2.32. The highest BCUT2D eigenvalue weighted by Gasteiger charge is 2.55. The molecule has 2 aliphatic rings. The lowest BCUT2D eigenvalue weighted by Gasteiger charge is -2.20. The molecule has 2 aromatic carbocycles. The van der Waals surface area contributed by atoms with E-state index >= 15 is 0 Å². The van der Waals surface area contributed by atoms with Gasteiger partial charge in [0.15, 0.2) is 23.7 Å². The number of rotatable bonds is 4. The summed E-state index contributed by atoms with van der Waals surface area (Å²) in [6.07, 6.45) is 0. The maximum Gasteiger partial charge on any atom is 0.263 e. The van der Waals surface area contributed by atoms with Gasteiger partial charge in [-0.2, -0.15) is 5.11 Å². The van der Waals surface area contributed by atoms with E-state index in [4.69, 9.17) is 11.6 Å². The highest BCUT2D eigenvalue weighted by molar-refractivity contribution is 6.33. The Morgan fingerprint density at radius 1 is 1.10 bits per heavy atom. The molecule has 2 atom stereocenters. The van der Waals surface area contributed by atoms with Gasteiger partial charge in [-0.15, -0.1) is 0 Å². The Morgan fingerprint density at radius 3 is 2.59 bits per heavy atom. The van der Waals surface area contributed by atoms with Crippen molar-refractivity contribution in [2.24, 2.45) is 10.3 Å². The first-order chi connectivity index (χ1) is 13.9. The van der Waals surface area contributed by atoms with Gasteiger partial charge in [-0.3, -0.25) is 19.4 Å². The van der Waals surface area contributed by atoms with Gasteiger partial charge in [-0.1, -0.05) is 29.0 Å². The molecule has 11 heteroatoms. The average molecular weight is 420 g/mol. The summed E-state index contributed by atoms with van der Waals surface area (Å²) in [5, 5.41) is 11.5. The monoisotopic (exact) mass is 419 g/mol. The quantitative estimate of drug-likeness (QED) is 0.770. The summed E-state index contributed by atoms with van der Waals surface area (Å²) in [7, 11) is 0. The van der Waals surface area contributed by atoms with Gasteiger partial charge in [0, 0.05) is 6.07 Å². The number of carbonyl (C=O) groups is 3. The molecule has 0 aromatic heterocycles. The molecule has 1 N–H and O–H groups in total. The van der Waals surface area contributed by atoms with Crippen molar-refractivity contribution in [3.63, 3.8) is 0 Å². The van der Waals surface area contributed by atoms with Gasteiger partial charge in [0.05, 0.1) is 16.4 Å². The largest absolute Gasteiger partial charge is 0.323 e. The first kappa shape index (κ1) is 18.9. The number of fused-ring (bicyclic) bond motifs is 1. The first-order valence-electron chi connectivity index (χ1n) is 8.41. The molecule has 2 aliphatic heterocycles. The Kier molecular flexibility index (Phi) is 4.71. The lowest BCUT2D eigenvalue weighted by molar-refractivity contribution is -0.123. The minimum atomic E-state index is -1.20. The molecule has 4 rings (SSSR count). The van der Waals surface area contributed by atoms with Crippen molar-refractivity contribution in [1.29, 1.82) is 0 Å². The minimum Gasteiger partial charge on any atom is -0.323 e. The fourth-order valence-electron chi connectivity index (χ4n) is 3.13. The van der Waals surface area contributed by atoms with Gasteiger partial charge in [-0.05, 0) is 24.3 Å². The Morgan fingerprint density at radius 2 is 1.86 bits per heavy atom. The molecule has 8 nitrogen and oxygen atoms in total. The standard InChI is InChI=1S/C18H12ClF2N5O3/c19-10-3-1-2-4-13(10)22-14(27)8-25-16-15(23-24-25)17(28)26(18(16)29)9-5-6-11(20)12(21)7-9/h1-7,15-16H,8H2,(H,22,27)/t15-,16+/m1/s1. The van der Waals surface area contributed by atoms with E-state index in [0.29, 0.717) is 10.7 Å². The van der Waals surface area contributed by atoms with E-state index in [-0.39, 0.29) is 12.2 Å². The summed E-state index contributed by atoms with van der Waals surface area (Å²) in [5.74, 6) is -4.29. The SMILES string of the molecule is O=C(CN1N=N[C@H]2C(=O)N(c3ccc(F)c(F)c3)C(=O)[C@H]21)Nc1ccccc1Cl. The fourth-order valence-corrected chi connectivity index (χ4v) is 3.31. The van der Waals surface area contributed by atoms with Crippen LogP contribution in [0.2, 0.25) is 5.02 Å². The maximum absolute atomic E-state index is 13.5. The predicted molar refractivity (Wildman–Crippen MR) is 98.1 cm³/mol. The molecule has 148 valence electrons. The van der Waals surface area contributed by atoms with Gasteiger partial charge in [0.25, 0.3) is 11.8 Å². The lowest BCUT2D eigenvalue weighted by Crippen LogP contribution is -2.43. The Hall–Kier alpha value is -3.40. The zero-order chi connectivity index (χ0) is 20.7. The maximum atomic E-state index is 13.5. The number of nitrogens with zero attached hydrogens (tertiary/aromatic N) is 4. The summed E-state index contributed by atoms with van der Waals surface area (Å²) in [6.45, 7) is -0.361. The normalized spacial score (nSPS) is 20.4. The van der Waals surface area contributed by atoms with Crippen LogP contribution >= 0.6 is 11.6 Å². The van der Waals surface area contributed by atoms with Crippen LogP contribution in [0.5, 0.6) is 0 Å². The summed E-state index contributed by atoms with van der Waals surface area (Å²) in [4.78, 5) is 38.4. The molecule has 0 aliphatic carbocycles. The number of imide groups is 1. The van der Waals surface area contributed by atoms with Crippen LogP contribution in [0.25, 0.3) is 0 Å². The van der Waals surface area contributed by atoms with Crippen LogP contribution in [0.1, 0.15) is 0 Å². The van der Waals surface area contributed by atoms with Crippen LogP contribution in [0.4, 0.5) is 20.2 Å². The number of benzene rings is 2. The second-order valence-corrected chi connectivity index (χ2v) is 6.74. The molecule has 1 saturated heterocycles. The zero-order valence-corrected chi connectivity index (χ0v) is 15.3. The third kappa shape index (κ3) is 3.31. The van der Waals surface area contributed by atoms with E-state index < -0.39 is 41.4 Å². The Bertz CT molecular complexity index is 1060. The number of halogens is 3. The van der Waals surface area contributed by atoms with E-state index in [2.05, 4.69) is 15.7 Å². The molecule has 2 heterocycles. The van der Waals surface area contributed by atoms with E-state index in [1.807, 2.05) is 0 Å². The fraction of sp³-hybridized carbons (Fsp3) is 0.167. The molecule has 29 heavy (non-hydrogen) atoms. The lowest BCUT2D eigenvalue weighted by atomic mass is 10.1. The van der Waals surface area contributed by atoms with Crippen LogP contribution in [0.3, 0.4) is 0 Å². The van der Waals surface area contributed by atoms with E-state index in [1.54, 1.807) is 24.3 Å². The molecular weight excluding hydrogens is 408 g/mol. The van der Waals surface area contributed by atoms with Crippen molar-refractivity contribution in [2.75, 3.05) is 16.8 Å². The van der Waals surface area contributed by atoms with E-state index in [9.17, 15) is 23.2 Å². The highest BCUT2D eigenvalue weighted by atomic mass is 35.5. The smallest absolute Gasteiger partial charge is 0.263 e. The second-order valence-electron chi connectivity index (χ2n) is 6.33. The van der Waals surface area contributed by atoms with Crippen molar-refractivity contribution in [1.82, 2.24) is 5.01 Å². The van der Waals surface area contributed by atoms with E-state index in [0.717, 1.165) is 28.1 Å². The Labute approximate surface area is 167 Å². The molecule has 0 bridgehead atoms. The molecular formula is C18H12ClF2N5O3. The summed E-state index contributed by atoms with van der Waals surface area (Å²) < 4.78 is 26.7. The van der Waals surface area contributed by atoms with Crippen molar-refractivity contribution >= 4 is 40.7 Å². The van der Waals surface area contributed by atoms with Crippen molar-refractivity contribution in [3.8, 4) is 0 Å². The van der Waals surface area contributed by atoms with Crippen molar-refractivity contribution < 1.29 is 23.2 Å². The third-order valence-corrected chi connectivity index (χ3v) is 4.80. The zero-order valence-electron chi connectivity index (χ0n) is 14.6. The van der Waals surface area contributed by atoms with Crippen molar-refractivity contribution in [2.45, 2.75) is 12.1 Å². The molecule has 3 amide bonds. The topological polar surface area (TPSA) is 94.4 Å². The Balaban J connectivity index is 1.51. The van der Waals surface area contributed by atoms with Crippen LogP contribution in [-0.4, -0.2) is 41.4 Å². The number of hydrogen-bond donors (Lipinski definition) is 1. The number of amides is 3. The van der Waals surface area contributed by atoms with Gasteiger partial charge >= 0.3 is 0 Å². The van der Waals surface area contributed by atoms with E-state index in [1.165, 1.54) is 0 Å². The van der Waals surface area contributed by atoms with Crippen LogP contribution < -0.4 is 10.2 Å². The van der Waals surface area contributed by atoms with Gasteiger partial charge in [0.1, 0.15) is 6.54 Å². The third-order valence-electron chi connectivity index (χ3n) is 4.47. The second kappa shape index (κ2) is 7.21. The molecule has 0 spiro atoms. The van der Waals surface area contributed by atoms with Gasteiger partial charge in [0.2, 0.25) is 5.91 Å². The molecule has 2 aromatic rings. The molecule has 0 saturated carbocycles. The predicted octanol–water partition coefficient (Wildman–Crippen LogP) is 2.55. The molecule has 1 fully saturated rings. The number of hydrogen-bond acceptors (Lipinski definition) is 6. The van der Waals surface area contributed by atoms with Crippen LogP contribution in [0.15, 0.2) is 52.8 Å². The number of anilines is 2. The number of nitrogens with one attached hydrogen (secondary N) is 1. The van der Waals surface area contributed by atoms with Gasteiger partial charge < -0.3 is 5.32 Å².